The van der Waals surface area contributed by atoms with E-state index in [1.807, 2.05) is 0 Å². The molecule has 6 heteroatoms. The van der Waals surface area contributed by atoms with Crippen LogP contribution in [0.15, 0.2) is 18.2 Å². The number of rotatable bonds is 6. The number of methoxy groups -OCH3 is 1. The quantitative estimate of drug-likeness (QED) is 0.824. The summed E-state index contributed by atoms with van der Waals surface area (Å²) >= 11 is 0. The lowest BCUT2D eigenvalue weighted by atomic mass is 9.86. The SMILES string of the molecule is COc1ccc(CCC(=O)NC2CCCCCCC2C(=O)O)cc1F. The molecule has 2 atom stereocenters. The smallest absolute Gasteiger partial charge is 0.308 e. The molecule has 5 nitrogen and oxygen atoms in total. The summed E-state index contributed by atoms with van der Waals surface area (Å²) in [6, 6.07) is 4.31. The van der Waals surface area contributed by atoms with Gasteiger partial charge in [-0.25, -0.2) is 4.39 Å². The lowest BCUT2D eigenvalue weighted by Gasteiger charge is -2.27. The van der Waals surface area contributed by atoms with E-state index in [2.05, 4.69) is 5.32 Å². The molecule has 0 radical (unpaired) electrons. The number of halogens is 1. The maximum atomic E-state index is 13.7. The molecule has 0 aliphatic heterocycles. The van der Waals surface area contributed by atoms with Crippen LogP contribution in [0.25, 0.3) is 0 Å². The molecule has 1 fully saturated rings. The summed E-state index contributed by atoms with van der Waals surface area (Å²) in [5.74, 6) is -1.83. The Hall–Kier alpha value is -2.11. The number of benzene rings is 1. The van der Waals surface area contributed by atoms with Crippen molar-refractivity contribution in [3.8, 4) is 5.75 Å². The summed E-state index contributed by atoms with van der Waals surface area (Å²) in [6.07, 6.45) is 5.83. The summed E-state index contributed by atoms with van der Waals surface area (Å²) in [5, 5.41) is 12.3. The fraction of sp³-hybridized carbons (Fsp3) is 0.579. The molecule has 2 unspecified atom stereocenters. The predicted molar refractivity (Wildman–Crippen MR) is 92.0 cm³/mol. The second kappa shape index (κ2) is 9.39. The Morgan fingerprint density at radius 1 is 1.24 bits per heavy atom. The van der Waals surface area contributed by atoms with Crippen molar-refractivity contribution in [2.24, 2.45) is 5.92 Å². The van der Waals surface area contributed by atoms with E-state index in [1.165, 1.54) is 19.2 Å². The number of nitrogens with one attached hydrogen (secondary N) is 1. The van der Waals surface area contributed by atoms with E-state index in [4.69, 9.17) is 4.74 Å². The number of aryl methyl sites for hydroxylation is 1. The molecular formula is C19H26FNO4. The molecular weight excluding hydrogens is 325 g/mol. The highest BCUT2D eigenvalue weighted by atomic mass is 19.1. The van der Waals surface area contributed by atoms with E-state index in [9.17, 15) is 19.1 Å². The Balaban J connectivity index is 1.91. The van der Waals surface area contributed by atoms with Crippen molar-refractivity contribution in [1.29, 1.82) is 0 Å². The van der Waals surface area contributed by atoms with Crippen LogP contribution in [0.3, 0.4) is 0 Å². The third kappa shape index (κ3) is 5.73. The van der Waals surface area contributed by atoms with E-state index in [0.717, 1.165) is 25.7 Å². The van der Waals surface area contributed by atoms with Crippen LogP contribution < -0.4 is 10.1 Å². The average molecular weight is 351 g/mol. The van der Waals surface area contributed by atoms with Crippen molar-refractivity contribution >= 4 is 11.9 Å². The molecule has 1 aromatic carbocycles. The van der Waals surface area contributed by atoms with Gasteiger partial charge in [-0.2, -0.15) is 0 Å². The Bertz CT molecular complexity index is 605. The van der Waals surface area contributed by atoms with Crippen molar-refractivity contribution < 1.29 is 23.8 Å². The third-order valence-electron chi connectivity index (χ3n) is 4.79. The maximum Gasteiger partial charge on any atom is 0.308 e. The zero-order valence-corrected chi connectivity index (χ0v) is 14.6. The largest absolute Gasteiger partial charge is 0.494 e. The molecule has 1 saturated carbocycles. The van der Waals surface area contributed by atoms with Gasteiger partial charge in [0.05, 0.1) is 13.0 Å². The topological polar surface area (TPSA) is 75.6 Å². The van der Waals surface area contributed by atoms with Gasteiger partial charge in [0.2, 0.25) is 5.91 Å². The minimum Gasteiger partial charge on any atom is -0.494 e. The van der Waals surface area contributed by atoms with E-state index in [0.29, 0.717) is 24.8 Å². The number of carboxylic acids is 1. The first kappa shape index (κ1) is 19.2. The Kier molecular flexibility index (Phi) is 7.22. The summed E-state index contributed by atoms with van der Waals surface area (Å²) in [7, 11) is 1.40. The van der Waals surface area contributed by atoms with Gasteiger partial charge in [-0.3, -0.25) is 9.59 Å². The molecule has 0 aromatic heterocycles. The van der Waals surface area contributed by atoms with Gasteiger partial charge in [0.25, 0.3) is 0 Å². The summed E-state index contributed by atoms with van der Waals surface area (Å²) in [6.45, 7) is 0. The number of hydrogen-bond donors (Lipinski definition) is 2. The van der Waals surface area contributed by atoms with Crippen LogP contribution in [0.2, 0.25) is 0 Å². The van der Waals surface area contributed by atoms with Crippen LogP contribution in [0.5, 0.6) is 5.75 Å². The summed E-state index contributed by atoms with van der Waals surface area (Å²) in [5.41, 5.74) is 0.709. The molecule has 2 rings (SSSR count). The molecule has 1 amide bonds. The lowest BCUT2D eigenvalue weighted by molar-refractivity contribution is -0.143. The normalized spacial score (nSPS) is 21.0. The van der Waals surface area contributed by atoms with Crippen LogP contribution in [0.4, 0.5) is 4.39 Å². The van der Waals surface area contributed by atoms with Gasteiger partial charge in [-0.05, 0) is 37.0 Å². The summed E-state index contributed by atoms with van der Waals surface area (Å²) < 4.78 is 18.6. The zero-order valence-electron chi connectivity index (χ0n) is 14.6. The fourth-order valence-electron chi connectivity index (χ4n) is 3.35. The van der Waals surface area contributed by atoms with Gasteiger partial charge in [0.1, 0.15) is 0 Å². The highest BCUT2D eigenvalue weighted by Crippen LogP contribution is 2.23. The van der Waals surface area contributed by atoms with Crippen LogP contribution in [-0.2, 0) is 16.0 Å². The minimum absolute atomic E-state index is 0.173. The van der Waals surface area contributed by atoms with Crippen molar-refractivity contribution in [2.45, 2.75) is 57.4 Å². The first-order chi connectivity index (χ1) is 12.0. The molecule has 0 bridgehead atoms. The number of amides is 1. The molecule has 0 saturated heterocycles. The van der Waals surface area contributed by atoms with Crippen LogP contribution in [-0.4, -0.2) is 30.1 Å². The van der Waals surface area contributed by atoms with E-state index >= 15 is 0 Å². The first-order valence-electron chi connectivity index (χ1n) is 8.86. The van der Waals surface area contributed by atoms with Crippen LogP contribution >= 0.6 is 0 Å². The van der Waals surface area contributed by atoms with Crippen molar-refractivity contribution in [1.82, 2.24) is 5.32 Å². The van der Waals surface area contributed by atoms with Gasteiger partial charge in [-0.15, -0.1) is 0 Å². The Labute approximate surface area is 147 Å². The second-order valence-electron chi connectivity index (χ2n) is 6.58. The fourth-order valence-corrected chi connectivity index (χ4v) is 3.35. The Morgan fingerprint density at radius 2 is 1.96 bits per heavy atom. The molecule has 138 valence electrons. The molecule has 1 aliphatic carbocycles. The highest BCUT2D eigenvalue weighted by molar-refractivity contribution is 5.78. The Morgan fingerprint density at radius 3 is 2.60 bits per heavy atom. The standard InChI is InChI=1S/C19H26FNO4/c1-25-17-10-8-13(12-15(17)20)9-11-18(22)21-16-7-5-3-2-4-6-14(16)19(23)24/h8,10,12,14,16H,2-7,9,11H2,1H3,(H,21,22)(H,23,24). The second-order valence-corrected chi connectivity index (χ2v) is 6.58. The monoisotopic (exact) mass is 351 g/mol. The zero-order chi connectivity index (χ0) is 18.2. The molecule has 0 spiro atoms. The molecule has 1 aliphatic rings. The molecule has 0 heterocycles. The minimum atomic E-state index is -0.843. The van der Waals surface area contributed by atoms with Crippen molar-refractivity contribution in [3.05, 3.63) is 29.6 Å². The predicted octanol–water partition coefficient (Wildman–Crippen LogP) is 3.31. The number of ether oxygens (including phenoxy) is 1. The van der Waals surface area contributed by atoms with Gasteiger partial charge in [-0.1, -0.05) is 31.7 Å². The number of aliphatic carboxylic acids is 1. The van der Waals surface area contributed by atoms with E-state index in [1.54, 1.807) is 6.07 Å². The van der Waals surface area contributed by atoms with Gasteiger partial charge in [0.15, 0.2) is 11.6 Å². The number of carbonyl (C=O) groups excluding carboxylic acids is 1. The average Bonchev–Trinajstić information content (AvgIpc) is 2.55. The summed E-state index contributed by atoms with van der Waals surface area (Å²) in [4.78, 5) is 23.7. The highest BCUT2D eigenvalue weighted by Gasteiger charge is 2.29. The first-order valence-corrected chi connectivity index (χ1v) is 8.86. The maximum absolute atomic E-state index is 13.7. The number of carboxylic acid groups (broad SMARTS) is 1. The number of carbonyl (C=O) groups is 2. The third-order valence-corrected chi connectivity index (χ3v) is 4.79. The molecule has 1 aromatic rings. The van der Waals surface area contributed by atoms with Crippen molar-refractivity contribution in [2.75, 3.05) is 7.11 Å². The van der Waals surface area contributed by atoms with Gasteiger partial charge < -0.3 is 15.2 Å². The molecule has 25 heavy (non-hydrogen) atoms. The molecule has 2 N–H and O–H groups in total. The van der Waals surface area contributed by atoms with Crippen LogP contribution in [0.1, 0.15) is 50.5 Å². The van der Waals surface area contributed by atoms with Gasteiger partial charge in [0, 0.05) is 12.5 Å². The number of hydrogen-bond acceptors (Lipinski definition) is 3. The van der Waals surface area contributed by atoms with Gasteiger partial charge >= 0.3 is 5.97 Å². The van der Waals surface area contributed by atoms with E-state index < -0.39 is 17.7 Å². The lowest BCUT2D eigenvalue weighted by Crippen LogP contribution is -2.44. The van der Waals surface area contributed by atoms with E-state index in [-0.39, 0.29) is 24.1 Å². The van der Waals surface area contributed by atoms with Crippen LogP contribution in [0, 0.1) is 11.7 Å². The van der Waals surface area contributed by atoms with Crippen molar-refractivity contribution in [3.63, 3.8) is 0 Å².